The average Bonchev–Trinajstić information content (AvgIpc) is 3.91. The predicted octanol–water partition coefficient (Wildman–Crippen LogP) is 7.25. The number of benzene rings is 3. The predicted molar refractivity (Wildman–Crippen MR) is 252 cm³/mol. The Kier molecular flexibility index (Phi) is 11.2. The first-order valence-corrected chi connectivity index (χ1v) is 23.6. The van der Waals surface area contributed by atoms with Crippen LogP contribution in [0.3, 0.4) is 0 Å². The van der Waals surface area contributed by atoms with Crippen LogP contribution < -0.4 is 10.9 Å². The van der Waals surface area contributed by atoms with E-state index >= 15 is 4.39 Å². The van der Waals surface area contributed by atoms with Crippen molar-refractivity contribution < 1.29 is 38.5 Å². The number of alkyl carbamates (subject to hydrolysis) is 1. The maximum atomic E-state index is 15.4. The molecule has 4 aliphatic heterocycles. The van der Waals surface area contributed by atoms with E-state index in [-0.39, 0.29) is 60.9 Å². The van der Waals surface area contributed by atoms with Crippen molar-refractivity contribution >= 4 is 28.9 Å². The lowest BCUT2D eigenvalue weighted by atomic mass is 9.81. The van der Waals surface area contributed by atoms with Crippen LogP contribution >= 0.6 is 0 Å². The van der Waals surface area contributed by atoms with E-state index in [1.807, 2.05) is 31.7 Å². The van der Waals surface area contributed by atoms with Gasteiger partial charge in [0.2, 0.25) is 0 Å². The molecule has 2 amide bonds. The van der Waals surface area contributed by atoms with Crippen molar-refractivity contribution in [3.63, 3.8) is 0 Å². The molecule has 10 rings (SSSR count). The van der Waals surface area contributed by atoms with E-state index in [1.54, 1.807) is 30.5 Å². The number of cyclic esters (lactones) is 1. The second kappa shape index (κ2) is 16.9. The number of carbonyl (C=O) groups excluding carboxylic acids is 3. The minimum atomic E-state index is -2.00. The highest BCUT2D eigenvalue weighted by Crippen LogP contribution is 2.46. The van der Waals surface area contributed by atoms with Gasteiger partial charge in [-0.25, -0.2) is 19.0 Å². The summed E-state index contributed by atoms with van der Waals surface area (Å²) >= 11 is 0. The van der Waals surface area contributed by atoms with E-state index in [0.29, 0.717) is 78.3 Å². The molecule has 354 valence electrons. The molecule has 5 aromatic rings. The first-order chi connectivity index (χ1) is 32.4. The van der Waals surface area contributed by atoms with Crippen molar-refractivity contribution in [3.05, 3.63) is 138 Å². The van der Waals surface area contributed by atoms with Gasteiger partial charge in [0.25, 0.3) is 11.5 Å². The Morgan fingerprint density at radius 2 is 1.81 bits per heavy atom. The van der Waals surface area contributed by atoms with Crippen LogP contribution in [0.15, 0.2) is 59.5 Å². The highest BCUT2D eigenvalue weighted by atomic mass is 19.1. The molecule has 0 radical (unpaired) electrons. The topological polar surface area (TPSA) is 167 Å². The molecular formula is C53H57FN6O8. The lowest BCUT2D eigenvalue weighted by Gasteiger charge is -2.41. The number of pyridine rings is 2. The third kappa shape index (κ3) is 7.41. The molecule has 0 saturated carbocycles. The zero-order chi connectivity index (χ0) is 48.1. The standard InChI is InChI=1S/C53H57FN6O8/c1-8-53(66)40-18-44-48-38(24-60(44)50(63)39(40)26-67-51(53)64)47-42(12-11-35-31(7)41(54)19-43(55-48)46(35)47)56-52(65)68-25-30(6)57-13-14-58(29(5)20-57)21-32-9-10-33-22-59(23-34(33)16-32)49(62)37-17-36(27(2)3)45(61)15-28(37)4/h9-10,15-19,27,29,42,61,66H,6,8,11-14,20-26H2,1-5,7H3,(H,56,65)/t29-,42?,53-/m0/s1. The van der Waals surface area contributed by atoms with Crippen LogP contribution in [-0.2, 0) is 59.1 Å². The van der Waals surface area contributed by atoms with Crippen molar-refractivity contribution in [1.82, 2.24) is 29.6 Å². The normalized spacial score (nSPS) is 20.5. The average molecular weight is 925 g/mol. The van der Waals surface area contributed by atoms with E-state index in [1.165, 1.54) is 11.6 Å². The number of phenols is 1. The van der Waals surface area contributed by atoms with Gasteiger partial charge in [-0.05, 0) is 109 Å². The molecule has 6 heterocycles. The van der Waals surface area contributed by atoms with Crippen molar-refractivity contribution in [2.75, 3.05) is 26.2 Å². The van der Waals surface area contributed by atoms with Gasteiger partial charge in [-0.3, -0.25) is 14.5 Å². The lowest BCUT2D eigenvalue weighted by molar-refractivity contribution is -0.172. The van der Waals surface area contributed by atoms with Crippen LogP contribution in [-0.4, -0.2) is 84.7 Å². The molecule has 0 spiro atoms. The smallest absolute Gasteiger partial charge is 0.408 e. The first-order valence-electron chi connectivity index (χ1n) is 23.6. The third-order valence-corrected chi connectivity index (χ3v) is 15.1. The molecule has 1 saturated heterocycles. The third-order valence-electron chi connectivity index (χ3n) is 15.1. The Balaban J connectivity index is 0.791. The number of carbonyl (C=O) groups is 3. The van der Waals surface area contributed by atoms with Crippen molar-refractivity contribution in [2.45, 2.75) is 117 Å². The fraction of sp³-hybridized carbons (Fsp3) is 0.415. The van der Waals surface area contributed by atoms with E-state index in [0.717, 1.165) is 51.9 Å². The zero-order valence-corrected chi connectivity index (χ0v) is 39.4. The molecule has 1 aliphatic carbocycles. The molecule has 14 nitrogen and oxygen atoms in total. The molecule has 2 aromatic heterocycles. The minimum Gasteiger partial charge on any atom is -0.508 e. The number of hydrogen-bond acceptors (Lipinski definition) is 11. The molecule has 0 bridgehead atoms. The summed E-state index contributed by atoms with van der Waals surface area (Å²) in [5.74, 6) is -0.943. The molecule has 15 heteroatoms. The van der Waals surface area contributed by atoms with Crippen molar-refractivity contribution in [2.24, 2.45) is 0 Å². The van der Waals surface area contributed by atoms with E-state index in [9.17, 15) is 29.4 Å². The number of rotatable bonds is 9. The number of aliphatic hydroxyl groups is 1. The van der Waals surface area contributed by atoms with Gasteiger partial charge in [0.05, 0.1) is 35.1 Å². The van der Waals surface area contributed by atoms with Crippen LogP contribution in [0.25, 0.3) is 22.3 Å². The molecule has 3 N–H and O–H groups in total. The van der Waals surface area contributed by atoms with Crippen LogP contribution in [0.5, 0.6) is 5.75 Å². The summed E-state index contributed by atoms with van der Waals surface area (Å²) in [6.45, 7) is 19.5. The number of fused-ring (bicyclic) bond motifs is 6. The number of nitrogens with zero attached hydrogens (tertiary/aromatic N) is 5. The summed E-state index contributed by atoms with van der Waals surface area (Å²) in [4.78, 5) is 65.6. The largest absolute Gasteiger partial charge is 0.508 e. The van der Waals surface area contributed by atoms with Crippen LogP contribution in [0.2, 0.25) is 0 Å². The Hall–Kier alpha value is -6.58. The summed E-state index contributed by atoms with van der Waals surface area (Å²) in [5.41, 5.74) is 8.24. The van der Waals surface area contributed by atoms with Gasteiger partial charge in [0.1, 0.15) is 24.8 Å². The second-order valence-corrected chi connectivity index (χ2v) is 19.6. The molecule has 1 fully saturated rings. The maximum absolute atomic E-state index is 15.4. The second-order valence-electron chi connectivity index (χ2n) is 19.6. The number of amides is 2. The monoisotopic (exact) mass is 924 g/mol. The number of aromatic nitrogens is 2. The summed E-state index contributed by atoms with van der Waals surface area (Å²) in [5, 5.41) is 25.7. The van der Waals surface area contributed by atoms with Gasteiger partial charge >= 0.3 is 12.1 Å². The quantitative estimate of drug-likeness (QED) is 0.125. The summed E-state index contributed by atoms with van der Waals surface area (Å²) < 4.78 is 28.1. The number of ether oxygens (including phenoxy) is 2. The molecule has 3 aromatic carbocycles. The molecule has 68 heavy (non-hydrogen) atoms. The fourth-order valence-electron chi connectivity index (χ4n) is 11.1. The Morgan fingerprint density at radius 1 is 1.03 bits per heavy atom. The van der Waals surface area contributed by atoms with E-state index in [2.05, 4.69) is 46.8 Å². The summed E-state index contributed by atoms with van der Waals surface area (Å²) in [6, 6.07) is 12.6. The number of aromatic hydroxyl groups is 1. The number of piperazine rings is 1. The first kappa shape index (κ1) is 45.2. The number of nitrogens with one attached hydrogen (secondary N) is 1. The highest BCUT2D eigenvalue weighted by Gasteiger charge is 2.46. The van der Waals surface area contributed by atoms with Gasteiger partial charge in [0, 0.05) is 79.2 Å². The van der Waals surface area contributed by atoms with Gasteiger partial charge in [-0.2, -0.15) is 0 Å². The maximum Gasteiger partial charge on any atom is 0.408 e. The SMILES string of the molecule is C=C(COC(=O)NC1CCc2c(C)c(F)cc3nc4c(c1c23)Cn1c-4cc2c(c1=O)COC(=O)[C@]2(O)CC)N1CCN(Cc2ccc3c(c2)CN(C(=O)c2cc(C(C)C)c(O)cc2C)C3)[C@@H](C)C1. The van der Waals surface area contributed by atoms with Gasteiger partial charge in [0.15, 0.2) is 5.60 Å². The zero-order valence-electron chi connectivity index (χ0n) is 39.4. The van der Waals surface area contributed by atoms with Gasteiger partial charge in [-0.1, -0.05) is 45.5 Å². The number of hydrogen-bond donors (Lipinski definition) is 3. The Morgan fingerprint density at radius 3 is 2.56 bits per heavy atom. The van der Waals surface area contributed by atoms with Crippen molar-refractivity contribution in [1.29, 1.82) is 0 Å². The number of aryl methyl sites for hydroxylation is 2. The Bertz CT molecular complexity index is 3070. The van der Waals surface area contributed by atoms with E-state index < -0.39 is 35.1 Å². The fourth-order valence-corrected chi connectivity index (χ4v) is 11.1. The highest BCUT2D eigenvalue weighted by molar-refractivity contribution is 5.97. The summed E-state index contributed by atoms with van der Waals surface area (Å²) in [6.07, 6.45) is 0.310. The van der Waals surface area contributed by atoms with Crippen LogP contribution in [0.4, 0.5) is 9.18 Å². The van der Waals surface area contributed by atoms with Crippen LogP contribution in [0.1, 0.15) is 124 Å². The molecule has 1 unspecified atom stereocenters. The molecular weight excluding hydrogens is 868 g/mol. The van der Waals surface area contributed by atoms with Gasteiger partial charge in [-0.15, -0.1) is 0 Å². The molecule has 3 atom stereocenters. The molecule has 5 aliphatic rings. The van der Waals surface area contributed by atoms with E-state index in [4.69, 9.17) is 14.5 Å². The summed E-state index contributed by atoms with van der Waals surface area (Å²) in [7, 11) is 0. The number of phenolic OH excluding ortho intramolecular Hbond substituents is 1. The number of halogens is 1. The lowest BCUT2D eigenvalue weighted by Crippen LogP contribution is -2.51. The van der Waals surface area contributed by atoms with Gasteiger partial charge < -0.3 is 39.4 Å². The Labute approximate surface area is 394 Å². The minimum absolute atomic E-state index is 0.00000245. The van der Waals surface area contributed by atoms with Crippen molar-refractivity contribution in [3.8, 4) is 17.1 Å². The number of esters is 1. The van der Waals surface area contributed by atoms with Crippen LogP contribution in [0, 0.1) is 19.7 Å².